The Morgan fingerprint density at radius 3 is 2.64 bits per heavy atom. The highest BCUT2D eigenvalue weighted by Crippen LogP contribution is 2.22. The van der Waals surface area contributed by atoms with Crippen LogP contribution in [-0.4, -0.2) is 30.7 Å². The Morgan fingerprint density at radius 2 is 1.89 bits per heavy atom. The third-order valence-corrected chi connectivity index (χ3v) is 4.79. The third-order valence-electron chi connectivity index (χ3n) is 4.54. The molecule has 2 heterocycles. The summed E-state index contributed by atoms with van der Waals surface area (Å²) < 4.78 is 1.67. The summed E-state index contributed by atoms with van der Waals surface area (Å²) in [4.78, 5) is 34.5. The van der Waals surface area contributed by atoms with Crippen molar-refractivity contribution in [3.63, 3.8) is 0 Å². The summed E-state index contributed by atoms with van der Waals surface area (Å²) in [6.45, 7) is 2.07. The molecule has 2 aliphatic rings. The Balaban J connectivity index is 1.82. The van der Waals surface area contributed by atoms with E-state index in [4.69, 9.17) is 11.6 Å². The van der Waals surface area contributed by atoms with Gasteiger partial charge in [-0.2, -0.15) is 4.98 Å². The highest BCUT2D eigenvalue weighted by molar-refractivity contribution is 6.30. The Bertz CT molecular complexity index is 1250. The number of nitrogens with zero attached hydrogens (tertiary/aromatic N) is 3. The minimum atomic E-state index is -0.766. The summed E-state index contributed by atoms with van der Waals surface area (Å²) in [6.07, 6.45) is -0.383. The van der Waals surface area contributed by atoms with Crippen molar-refractivity contribution < 1.29 is 5.11 Å². The van der Waals surface area contributed by atoms with Crippen LogP contribution in [0.3, 0.4) is 0 Å². The smallest absolute Gasteiger partial charge is 0.349 e. The summed E-state index contributed by atoms with van der Waals surface area (Å²) in [5, 5.41) is 11.3. The van der Waals surface area contributed by atoms with Gasteiger partial charge in [0.05, 0.1) is 23.7 Å². The van der Waals surface area contributed by atoms with Crippen LogP contribution in [0.1, 0.15) is 11.1 Å². The molecule has 1 unspecified atom stereocenters. The van der Waals surface area contributed by atoms with E-state index in [0.717, 1.165) is 11.1 Å². The molecule has 0 saturated carbocycles. The first-order valence-electron chi connectivity index (χ1n) is 8.74. The van der Waals surface area contributed by atoms with E-state index >= 15 is 0 Å². The van der Waals surface area contributed by atoms with Gasteiger partial charge in [0.25, 0.3) is 5.56 Å². The first-order chi connectivity index (χ1) is 13.4. The fourth-order valence-corrected chi connectivity index (χ4v) is 3.39. The number of rotatable bonds is 4. The summed E-state index contributed by atoms with van der Waals surface area (Å²) in [7, 11) is 0. The summed E-state index contributed by atoms with van der Waals surface area (Å²) in [5.74, 6) is 0.153. The van der Waals surface area contributed by atoms with Crippen LogP contribution in [0.2, 0.25) is 5.02 Å². The van der Waals surface area contributed by atoms with Crippen molar-refractivity contribution in [2.45, 2.75) is 26.0 Å². The van der Waals surface area contributed by atoms with Crippen molar-refractivity contribution in [1.82, 2.24) is 19.5 Å². The van der Waals surface area contributed by atoms with E-state index < -0.39 is 17.4 Å². The van der Waals surface area contributed by atoms with E-state index in [1.54, 1.807) is 16.7 Å². The number of nitrogens with one attached hydrogen (secondary N) is 1. The maximum Gasteiger partial charge on any atom is 0.349 e. The molecule has 0 bridgehead atoms. The summed E-state index contributed by atoms with van der Waals surface area (Å²) in [6, 6.07) is 12.8. The number of H-pyrrole nitrogens is 1. The molecule has 2 N–H and O–H groups in total. The molecule has 1 atom stereocenters. The normalized spacial score (nSPS) is 12.5. The zero-order valence-electron chi connectivity index (χ0n) is 15.0. The fourth-order valence-electron chi connectivity index (χ4n) is 3.26. The molecule has 4 rings (SSSR count). The van der Waals surface area contributed by atoms with Crippen molar-refractivity contribution in [2.24, 2.45) is 0 Å². The van der Waals surface area contributed by atoms with Gasteiger partial charge in [-0.25, -0.2) is 9.78 Å². The van der Waals surface area contributed by atoms with Gasteiger partial charge < -0.3 is 9.67 Å². The molecule has 0 saturated heterocycles. The van der Waals surface area contributed by atoms with Gasteiger partial charge in [-0.1, -0.05) is 29.8 Å². The average Bonchev–Trinajstić information content (AvgIpc) is 2.64. The minimum Gasteiger partial charge on any atom is -0.391 e. The molecule has 0 spiro atoms. The molecule has 0 amide bonds. The molecular weight excluding hydrogens is 380 g/mol. The first kappa shape index (κ1) is 18.3. The van der Waals surface area contributed by atoms with Crippen molar-refractivity contribution in [2.75, 3.05) is 0 Å². The number of aliphatic hydroxyl groups is 1. The molecule has 0 aromatic heterocycles. The third kappa shape index (κ3) is 3.54. The van der Waals surface area contributed by atoms with Crippen molar-refractivity contribution >= 4 is 22.6 Å². The molecule has 2 aromatic rings. The van der Waals surface area contributed by atoms with Crippen LogP contribution in [0.15, 0.2) is 52.1 Å². The van der Waals surface area contributed by atoms with E-state index in [-0.39, 0.29) is 18.1 Å². The Labute approximate surface area is 164 Å². The lowest BCUT2D eigenvalue weighted by Crippen LogP contribution is -2.30. The maximum absolute atomic E-state index is 12.2. The van der Waals surface area contributed by atoms with Crippen LogP contribution in [0.5, 0.6) is 0 Å². The number of halogens is 1. The number of aromatic nitrogens is 4. The lowest BCUT2D eigenvalue weighted by molar-refractivity contribution is 0.156. The van der Waals surface area contributed by atoms with Gasteiger partial charge in [0.15, 0.2) is 11.5 Å². The predicted molar refractivity (Wildman–Crippen MR) is 107 cm³/mol. The van der Waals surface area contributed by atoms with Crippen LogP contribution in [0.25, 0.3) is 22.6 Å². The van der Waals surface area contributed by atoms with Crippen LogP contribution >= 0.6 is 11.6 Å². The largest absolute Gasteiger partial charge is 0.391 e. The number of aryl methyl sites for hydroxylation is 1. The molecule has 28 heavy (non-hydrogen) atoms. The summed E-state index contributed by atoms with van der Waals surface area (Å²) >= 11 is 5.91. The average molecular weight is 397 g/mol. The second-order valence-electron chi connectivity index (χ2n) is 6.74. The second-order valence-corrected chi connectivity index (χ2v) is 7.18. The minimum absolute atomic E-state index is 0.0661. The Hall–Kier alpha value is -3.03. The number of aliphatic hydroxyl groups excluding tert-OH is 1. The van der Waals surface area contributed by atoms with Crippen molar-refractivity contribution in [3.05, 3.63) is 79.5 Å². The number of hydrogen-bond acceptors (Lipinski definition) is 5. The van der Waals surface area contributed by atoms with E-state index in [1.165, 1.54) is 0 Å². The quantitative estimate of drug-likeness (QED) is 0.515. The monoisotopic (exact) mass is 396 g/mol. The highest BCUT2D eigenvalue weighted by atomic mass is 35.5. The van der Waals surface area contributed by atoms with Gasteiger partial charge in [-0.3, -0.25) is 9.78 Å². The number of fused-ring (bicyclic) bond motifs is 2. The van der Waals surface area contributed by atoms with E-state index in [2.05, 4.69) is 15.0 Å². The molecule has 2 aromatic carbocycles. The molecule has 142 valence electrons. The summed E-state index contributed by atoms with van der Waals surface area (Å²) in [5.41, 5.74) is 1.91. The Morgan fingerprint density at radius 1 is 1.14 bits per heavy atom. The SMILES string of the molecule is Cc1ccc2c(c1)nc1c(=O)[nH]c(=O)nc-1n2CC(O)Cc1ccc(Cl)cc1. The van der Waals surface area contributed by atoms with Gasteiger partial charge in [0.1, 0.15) is 0 Å². The van der Waals surface area contributed by atoms with E-state index in [0.29, 0.717) is 22.5 Å². The fraction of sp³-hybridized carbons (Fsp3) is 0.200. The van der Waals surface area contributed by atoms with Crippen molar-refractivity contribution in [3.8, 4) is 11.5 Å². The van der Waals surface area contributed by atoms with Gasteiger partial charge in [-0.05, 0) is 42.3 Å². The number of hydrogen-bond donors (Lipinski definition) is 2. The van der Waals surface area contributed by atoms with Crippen LogP contribution < -0.4 is 11.2 Å². The highest BCUT2D eigenvalue weighted by Gasteiger charge is 2.20. The zero-order chi connectivity index (χ0) is 19.8. The number of aromatic amines is 1. The van der Waals surface area contributed by atoms with Gasteiger partial charge in [0, 0.05) is 11.4 Å². The topological polar surface area (TPSA) is 101 Å². The van der Waals surface area contributed by atoms with E-state index in [9.17, 15) is 14.7 Å². The van der Waals surface area contributed by atoms with Gasteiger partial charge in [-0.15, -0.1) is 0 Å². The zero-order valence-corrected chi connectivity index (χ0v) is 15.8. The van der Waals surface area contributed by atoms with Gasteiger partial charge in [0.2, 0.25) is 0 Å². The molecule has 0 radical (unpaired) electrons. The molecule has 8 heteroatoms. The maximum atomic E-state index is 12.2. The second kappa shape index (κ2) is 7.18. The molecular formula is C20H17ClN4O3. The Kier molecular flexibility index (Phi) is 4.70. The van der Waals surface area contributed by atoms with Crippen molar-refractivity contribution in [1.29, 1.82) is 0 Å². The molecule has 2 aliphatic heterocycles. The lowest BCUT2D eigenvalue weighted by Gasteiger charge is -2.20. The van der Waals surface area contributed by atoms with Crippen LogP contribution in [0.4, 0.5) is 0 Å². The van der Waals surface area contributed by atoms with Gasteiger partial charge >= 0.3 is 5.69 Å². The molecule has 7 nitrogen and oxygen atoms in total. The predicted octanol–water partition coefficient (Wildman–Crippen LogP) is 2.15. The number of benzene rings is 2. The first-order valence-corrected chi connectivity index (χ1v) is 9.12. The standard InChI is InChI=1S/C20H17ClN4O3/c1-11-2-7-16-15(8-11)22-17-18(23-20(28)24-19(17)27)25(16)10-14(26)9-12-3-5-13(21)6-4-12/h2-8,14,26H,9-10H2,1H3,(H,24,27,28). The molecule has 0 fully saturated rings. The lowest BCUT2D eigenvalue weighted by atomic mass is 10.1. The van der Waals surface area contributed by atoms with Crippen LogP contribution in [0, 0.1) is 6.92 Å². The van der Waals surface area contributed by atoms with E-state index in [1.807, 2.05) is 37.3 Å². The molecule has 0 aliphatic carbocycles. The van der Waals surface area contributed by atoms with Crippen LogP contribution in [-0.2, 0) is 13.0 Å².